The average molecular weight is 341 g/mol. The van der Waals surface area contributed by atoms with Crippen LogP contribution in [0.25, 0.3) is 0 Å². The molecule has 1 aliphatic rings. The van der Waals surface area contributed by atoms with E-state index in [-0.39, 0.29) is 12.6 Å². The molecule has 0 atom stereocenters. The summed E-state index contributed by atoms with van der Waals surface area (Å²) >= 11 is 0. The fourth-order valence-corrected chi connectivity index (χ4v) is 2.66. The van der Waals surface area contributed by atoms with E-state index in [0.29, 0.717) is 51.5 Å². The molecule has 1 N–H and O–H groups in total. The Balaban J connectivity index is 1.83. The number of carbonyl (C=O) groups excluding carboxylic acids is 1. The number of urea groups is 1. The molecule has 134 valence electrons. The maximum absolute atomic E-state index is 12.5. The molecule has 1 fully saturated rings. The molecule has 1 saturated heterocycles. The normalized spacial score (nSPS) is 16.2. The maximum Gasteiger partial charge on any atom is 0.321 e. The Hall–Kier alpha value is -1.73. The average Bonchev–Trinajstić information content (AvgIpc) is 2.79. The van der Waals surface area contributed by atoms with Crippen LogP contribution < -0.4 is 5.32 Å². The van der Waals surface area contributed by atoms with Crippen LogP contribution in [0.5, 0.6) is 0 Å². The van der Waals surface area contributed by atoms with Gasteiger partial charge in [0.2, 0.25) is 0 Å². The van der Waals surface area contributed by atoms with Gasteiger partial charge in [-0.1, -0.05) is 12.1 Å². The Morgan fingerprint density at radius 1 is 1.21 bits per heavy atom. The van der Waals surface area contributed by atoms with Crippen molar-refractivity contribution in [1.82, 2.24) is 9.80 Å². The quantitative estimate of drug-likeness (QED) is 0.865. The zero-order valence-corrected chi connectivity index (χ0v) is 14.0. The number of nitrogens with zero attached hydrogens (tertiary/aromatic N) is 2. The standard InChI is InChI=1S/C17H25F2N3O2/c1-2-24-13-14-4-6-15(7-5-14)20-17(23)22-9-3-8-21(10-11-22)12-16(18)19/h4-7,16H,2-3,8-13H2,1H3,(H,20,23). The molecule has 1 aliphatic heterocycles. The van der Waals surface area contributed by atoms with Crippen LogP contribution in [0.15, 0.2) is 24.3 Å². The second-order valence-electron chi connectivity index (χ2n) is 5.80. The van der Waals surface area contributed by atoms with Gasteiger partial charge in [-0.3, -0.25) is 4.90 Å². The van der Waals surface area contributed by atoms with Gasteiger partial charge in [0.15, 0.2) is 0 Å². The van der Waals surface area contributed by atoms with Gasteiger partial charge in [0.25, 0.3) is 6.43 Å². The number of alkyl halides is 2. The number of ether oxygens (including phenoxy) is 1. The number of carbonyl (C=O) groups is 1. The fourth-order valence-electron chi connectivity index (χ4n) is 2.66. The van der Waals surface area contributed by atoms with Crippen LogP contribution in [-0.2, 0) is 11.3 Å². The highest BCUT2D eigenvalue weighted by atomic mass is 19.3. The number of rotatable bonds is 6. The van der Waals surface area contributed by atoms with E-state index in [1.165, 1.54) is 0 Å². The second-order valence-corrected chi connectivity index (χ2v) is 5.80. The Morgan fingerprint density at radius 3 is 2.62 bits per heavy atom. The highest BCUT2D eigenvalue weighted by Crippen LogP contribution is 2.13. The zero-order valence-electron chi connectivity index (χ0n) is 14.0. The van der Waals surface area contributed by atoms with E-state index < -0.39 is 6.43 Å². The molecule has 0 radical (unpaired) electrons. The molecule has 0 saturated carbocycles. The van der Waals surface area contributed by atoms with Crippen molar-refractivity contribution in [3.63, 3.8) is 0 Å². The summed E-state index contributed by atoms with van der Waals surface area (Å²) in [6.45, 7) is 5.04. The molecular formula is C17H25F2N3O2. The van der Waals surface area contributed by atoms with Crippen molar-refractivity contribution in [1.29, 1.82) is 0 Å². The van der Waals surface area contributed by atoms with E-state index in [4.69, 9.17) is 4.74 Å². The van der Waals surface area contributed by atoms with Crippen molar-refractivity contribution < 1.29 is 18.3 Å². The summed E-state index contributed by atoms with van der Waals surface area (Å²) in [5.41, 5.74) is 1.76. The summed E-state index contributed by atoms with van der Waals surface area (Å²) < 4.78 is 30.3. The molecular weight excluding hydrogens is 316 g/mol. The monoisotopic (exact) mass is 341 g/mol. The highest BCUT2D eigenvalue weighted by Gasteiger charge is 2.20. The Bertz CT molecular complexity index is 511. The Morgan fingerprint density at radius 2 is 1.96 bits per heavy atom. The van der Waals surface area contributed by atoms with Gasteiger partial charge in [-0.05, 0) is 31.0 Å². The number of amides is 2. The molecule has 1 aromatic rings. The minimum absolute atomic E-state index is 0.188. The van der Waals surface area contributed by atoms with Crippen LogP contribution in [0.3, 0.4) is 0 Å². The molecule has 0 aliphatic carbocycles. The molecule has 1 heterocycles. The molecule has 2 rings (SSSR count). The summed E-state index contributed by atoms with van der Waals surface area (Å²) in [7, 11) is 0. The topological polar surface area (TPSA) is 44.8 Å². The predicted octanol–water partition coefficient (Wildman–Crippen LogP) is 3.03. The molecule has 0 unspecified atom stereocenters. The highest BCUT2D eigenvalue weighted by molar-refractivity contribution is 5.89. The molecule has 0 spiro atoms. The summed E-state index contributed by atoms with van der Waals surface area (Å²) in [5.74, 6) is 0. The van der Waals surface area contributed by atoms with E-state index in [2.05, 4.69) is 5.32 Å². The van der Waals surface area contributed by atoms with Gasteiger partial charge in [0, 0.05) is 38.5 Å². The Labute approximate surface area is 141 Å². The Kier molecular flexibility index (Phi) is 7.39. The van der Waals surface area contributed by atoms with Gasteiger partial charge >= 0.3 is 6.03 Å². The lowest BCUT2D eigenvalue weighted by atomic mass is 10.2. The smallest absolute Gasteiger partial charge is 0.321 e. The van der Waals surface area contributed by atoms with Crippen LogP contribution in [0.2, 0.25) is 0 Å². The van der Waals surface area contributed by atoms with E-state index in [9.17, 15) is 13.6 Å². The van der Waals surface area contributed by atoms with E-state index in [1.807, 2.05) is 31.2 Å². The van der Waals surface area contributed by atoms with E-state index in [1.54, 1.807) is 9.80 Å². The predicted molar refractivity (Wildman–Crippen MR) is 89.4 cm³/mol. The number of hydrogen-bond donors (Lipinski definition) is 1. The zero-order chi connectivity index (χ0) is 17.4. The first-order valence-electron chi connectivity index (χ1n) is 8.31. The van der Waals surface area contributed by atoms with Crippen LogP contribution in [0, 0.1) is 0 Å². The van der Waals surface area contributed by atoms with E-state index in [0.717, 1.165) is 5.56 Å². The third-order valence-corrected chi connectivity index (χ3v) is 3.95. The fraction of sp³-hybridized carbons (Fsp3) is 0.588. The van der Waals surface area contributed by atoms with Crippen molar-refractivity contribution >= 4 is 11.7 Å². The second kappa shape index (κ2) is 9.54. The number of benzene rings is 1. The lowest BCUT2D eigenvalue weighted by molar-refractivity contribution is 0.0905. The number of halogens is 2. The SMILES string of the molecule is CCOCc1ccc(NC(=O)N2CCCN(CC(F)F)CC2)cc1. The molecule has 1 aromatic carbocycles. The number of anilines is 1. The van der Waals surface area contributed by atoms with Gasteiger partial charge < -0.3 is 15.0 Å². The van der Waals surface area contributed by atoms with Crippen LogP contribution in [-0.4, -0.2) is 61.6 Å². The van der Waals surface area contributed by atoms with Gasteiger partial charge in [0.05, 0.1) is 13.2 Å². The van der Waals surface area contributed by atoms with Gasteiger partial charge in [-0.15, -0.1) is 0 Å². The molecule has 24 heavy (non-hydrogen) atoms. The van der Waals surface area contributed by atoms with Crippen molar-refractivity contribution in [3.05, 3.63) is 29.8 Å². The van der Waals surface area contributed by atoms with Crippen LogP contribution >= 0.6 is 0 Å². The van der Waals surface area contributed by atoms with Crippen LogP contribution in [0.1, 0.15) is 18.9 Å². The van der Waals surface area contributed by atoms with Crippen LogP contribution in [0.4, 0.5) is 19.3 Å². The molecule has 5 nitrogen and oxygen atoms in total. The summed E-state index contributed by atoms with van der Waals surface area (Å²) in [5, 5.41) is 2.86. The van der Waals surface area contributed by atoms with Crippen molar-refractivity contribution in [2.45, 2.75) is 26.4 Å². The summed E-state index contributed by atoms with van der Waals surface area (Å²) in [6, 6.07) is 7.32. The third kappa shape index (κ3) is 6.05. The first-order chi connectivity index (χ1) is 11.6. The van der Waals surface area contributed by atoms with Crippen molar-refractivity contribution in [2.75, 3.05) is 44.6 Å². The third-order valence-electron chi connectivity index (χ3n) is 3.95. The minimum atomic E-state index is -2.33. The van der Waals surface area contributed by atoms with Gasteiger partial charge in [-0.2, -0.15) is 0 Å². The van der Waals surface area contributed by atoms with Gasteiger partial charge in [-0.25, -0.2) is 13.6 Å². The summed E-state index contributed by atoms with van der Waals surface area (Å²) in [6.07, 6.45) is -1.63. The number of nitrogens with one attached hydrogen (secondary N) is 1. The molecule has 0 bridgehead atoms. The molecule has 0 aromatic heterocycles. The van der Waals surface area contributed by atoms with Crippen molar-refractivity contribution in [2.24, 2.45) is 0 Å². The van der Waals surface area contributed by atoms with E-state index >= 15 is 0 Å². The largest absolute Gasteiger partial charge is 0.377 e. The molecule has 7 heteroatoms. The first-order valence-corrected chi connectivity index (χ1v) is 8.31. The summed E-state index contributed by atoms with van der Waals surface area (Å²) in [4.78, 5) is 15.7. The van der Waals surface area contributed by atoms with Gasteiger partial charge in [0.1, 0.15) is 0 Å². The maximum atomic E-state index is 12.5. The minimum Gasteiger partial charge on any atom is -0.377 e. The molecule has 2 amide bonds. The first kappa shape index (κ1) is 18.6. The van der Waals surface area contributed by atoms with Crippen molar-refractivity contribution in [3.8, 4) is 0 Å². The lowest BCUT2D eigenvalue weighted by Crippen LogP contribution is -2.38. The number of hydrogen-bond acceptors (Lipinski definition) is 3. The lowest BCUT2D eigenvalue weighted by Gasteiger charge is -2.22.